The molecule has 2 rings (SSSR count). The quantitative estimate of drug-likeness (QED) is 0.869. The van der Waals surface area contributed by atoms with Gasteiger partial charge in [-0.15, -0.1) is 0 Å². The van der Waals surface area contributed by atoms with E-state index in [9.17, 15) is 4.79 Å². The molecule has 4 nitrogen and oxygen atoms in total. The SMILES string of the molecule is O=C(O)Cc1ccc2onc(CBr)c2c1. The van der Waals surface area contributed by atoms with Gasteiger partial charge in [0.2, 0.25) is 0 Å². The second-order valence-electron chi connectivity index (χ2n) is 3.16. The number of halogens is 1. The normalized spacial score (nSPS) is 10.7. The number of carbonyl (C=O) groups is 1. The summed E-state index contributed by atoms with van der Waals surface area (Å²) in [6, 6.07) is 5.28. The van der Waals surface area contributed by atoms with Gasteiger partial charge in [-0.1, -0.05) is 27.2 Å². The van der Waals surface area contributed by atoms with Gasteiger partial charge in [-0.2, -0.15) is 0 Å². The number of alkyl halides is 1. The third-order valence-corrected chi connectivity index (χ3v) is 2.62. The molecule has 0 aliphatic heterocycles. The van der Waals surface area contributed by atoms with Crippen LogP contribution in [0.15, 0.2) is 22.7 Å². The Kier molecular flexibility index (Phi) is 2.73. The number of fused-ring (bicyclic) bond motifs is 1. The van der Waals surface area contributed by atoms with Gasteiger partial charge in [0.25, 0.3) is 0 Å². The Labute approximate surface area is 94.0 Å². The summed E-state index contributed by atoms with van der Waals surface area (Å²) in [5.74, 6) is -0.841. The Morgan fingerprint density at radius 3 is 3.00 bits per heavy atom. The van der Waals surface area contributed by atoms with E-state index in [0.29, 0.717) is 10.9 Å². The van der Waals surface area contributed by atoms with Crippen LogP contribution in [-0.2, 0) is 16.5 Å². The molecule has 0 amide bonds. The minimum absolute atomic E-state index is 0.0167. The van der Waals surface area contributed by atoms with Crippen molar-refractivity contribution in [3.8, 4) is 0 Å². The summed E-state index contributed by atoms with van der Waals surface area (Å²) in [4.78, 5) is 10.5. The zero-order chi connectivity index (χ0) is 10.8. The van der Waals surface area contributed by atoms with E-state index in [-0.39, 0.29) is 6.42 Å². The molecule has 0 aliphatic rings. The molecule has 0 atom stereocenters. The zero-order valence-corrected chi connectivity index (χ0v) is 9.32. The van der Waals surface area contributed by atoms with E-state index in [2.05, 4.69) is 21.1 Å². The Morgan fingerprint density at radius 1 is 1.53 bits per heavy atom. The summed E-state index contributed by atoms with van der Waals surface area (Å²) in [5.41, 5.74) is 2.22. The first-order chi connectivity index (χ1) is 7.20. The number of carboxylic acid groups (broad SMARTS) is 1. The number of aliphatic carboxylic acids is 1. The second kappa shape index (κ2) is 4.02. The average Bonchev–Trinajstić information content (AvgIpc) is 2.59. The number of aromatic nitrogens is 1. The Morgan fingerprint density at radius 2 is 2.33 bits per heavy atom. The number of carboxylic acids is 1. The Bertz CT molecular complexity index is 506. The first kappa shape index (κ1) is 10.2. The lowest BCUT2D eigenvalue weighted by molar-refractivity contribution is -0.136. The van der Waals surface area contributed by atoms with Crippen molar-refractivity contribution in [3.05, 3.63) is 29.5 Å². The van der Waals surface area contributed by atoms with Crippen LogP contribution in [0.3, 0.4) is 0 Å². The van der Waals surface area contributed by atoms with Crippen LogP contribution in [0.2, 0.25) is 0 Å². The first-order valence-corrected chi connectivity index (χ1v) is 5.48. The van der Waals surface area contributed by atoms with E-state index in [4.69, 9.17) is 9.63 Å². The van der Waals surface area contributed by atoms with E-state index >= 15 is 0 Å². The molecule has 0 spiro atoms. The molecule has 0 saturated carbocycles. The molecule has 0 unspecified atom stereocenters. The molecule has 2 aromatic rings. The van der Waals surface area contributed by atoms with Crippen molar-refractivity contribution in [2.75, 3.05) is 0 Å². The van der Waals surface area contributed by atoms with Crippen LogP contribution in [-0.4, -0.2) is 16.2 Å². The van der Waals surface area contributed by atoms with Gasteiger partial charge in [-0.25, -0.2) is 0 Å². The fourth-order valence-corrected chi connectivity index (χ4v) is 1.82. The summed E-state index contributed by atoms with van der Waals surface area (Å²) >= 11 is 3.29. The molecule has 0 bridgehead atoms. The molecule has 0 fully saturated rings. The predicted octanol–water partition coefficient (Wildman–Crippen LogP) is 2.35. The highest BCUT2D eigenvalue weighted by molar-refractivity contribution is 9.08. The number of rotatable bonds is 3. The highest BCUT2D eigenvalue weighted by atomic mass is 79.9. The van der Waals surface area contributed by atoms with Crippen molar-refractivity contribution >= 4 is 32.9 Å². The molecule has 1 heterocycles. The summed E-state index contributed by atoms with van der Waals surface area (Å²) in [6.45, 7) is 0. The standard InChI is InChI=1S/C10H8BrNO3/c11-5-8-7-3-6(4-10(13)14)1-2-9(7)15-12-8/h1-3H,4-5H2,(H,13,14). The highest BCUT2D eigenvalue weighted by Gasteiger charge is 2.08. The van der Waals surface area contributed by atoms with Gasteiger partial charge in [0, 0.05) is 10.7 Å². The van der Waals surface area contributed by atoms with Crippen molar-refractivity contribution in [2.45, 2.75) is 11.8 Å². The van der Waals surface area contributed by atoms with Crippen LogP contribution >= 0.6 is 15.9 Å². The molecular formula is C10H8BrNO3. The minimum Gasteiger partial charge on any atom is -0.481 e. The average molecular weight is 270 g/mol. The number of nitrogens with zero attached hydrogens (tertiary/aromatic N) is 1. The van der Waals surface area contributed by atoms with Crippen molar-refractivity contribution in [1.29, 1.82) is 0 Å². The maximum atomic E-state index is 10.5. The topological polar surface area (TPSA) is 63.3 Å². The van der Waals surface area contributed by atoms with Crippen LogP contribution in [0.25, 0.3) is 11.0 Å². The number of benzene rings is 1. The molecule has 15 heavy (non-hydrogen) atoms. The lowest BCUT2D eigenvalue weighted by Gasteiger charge is -1.96. The van der Waals surface area contributed by atoms with Crippen LogP contribution in [0.4, 0.5) is 0 Å². The van der Waals surface area contributed by atoms with E-state index in [1.807, 2.05) is 0 Å². The first-order valence-electron chi connectivity index (χ1n) is 4.35. The van der Waals surface area contributed by atoms with Gasteiger partial charge in [0.1, 0.15) is 5.69 Å². The van der Waals surface area contributed by atoms with E-state index in [0.717, 1.165) is 16.6 Å². The molecule has 1 aromatic heterocycles. The summed E-state index contributed by atoms with van der Waals surface area (Å²) in [6.07, 6.45) is 0.0167. The van der Waals surface area contributed by atoms with Gasteiger partial charge in [-0.3, -0.25) is 4.79 Å². The van der Waals surface area contributed by atoms with Crippen LogP contribution in [0.5, 0.6) is 0 Å². The smallest absolute Gasteiger partial charge is 0.307 e. The summed E-state index contributed by atoms with van der Waals surface area (Å²) in [5, 5.41) is 14.0. The van der Waals surface area contributed by atoms with E-state index in [1.165, 1.54) is 0 Å². The largest absolute Gasteiger partial charge is 0.481 e. The third-order valence-electron chi connectivity index (χ3n) is 2.09. The lowest BCUT2D eigenvalue weighted by atomic mass is 10.1. The molecule has 1 aromatic carbocycles. The Hall–Kier alpha value is -1.36. The highest BCUT2D eigenvalue weighted by Crippen LogP contribution is 2.21. The summed E-state index contributed by atoms with van der Waals surface area (Å²) < 4.78 is 5.07. The van der Waals surface area contributed by atoms with Gasteiger partial charge in [0.15, 0.2) is 5.58 Å². The Balaban J connectivity index is 2.47. The molecule has 78 valence electrons. The van der Waals surface area contributed by atoms with Gasteiger partial charge in [-0.05, 0) is 17.7 Å². The fraction of sp³-hybridized carbons (Fsp3) is 0.200. The van der Waals surface area contributed by atoms with Gasteiger partial charge >= 0.3 is 5.97 Å². The van der Waals surface area contributed by atoms with Crippen molar-refractivity contribution in [3.63, 3.8) is 0 Å². The van der Waals surface area contributed by atoms with Crippen molar-refractivity contribution in [1.82, 2.24) is 5.16 Å². The van der Waals surface area contributed by atoms with Gasteiger partial charge < -0.3 is 9.63 Å². The number of hydrogen-bond donors (Lipinski definition) is 1. The van der Waals surface area contributed by atoms with Crippen LogP contribution in [0.1, 0.15) is 11.3 Å². The fourth-order valence-electron chi connectivity index (χ4n) is 1.42. The predicted molar refractivity (Wildman–Crippen MR) is 58.0 cm³/mol. The molecule has 0 aliphatic carbocycles. The molecule has 0 saturated heterocycles. The van der Waals surface area contributed by atoms with Crippen LogP contribution in [0, 0.1) is 0 Å². The van der Waals surface area contributed by atoms with Crippen molar-refractivity contribution < 1.29 is 14.4 Å². The molecule has 0 radical (unpaired) electrons. The maximum Gasteiger partial charge on any atom is 0.307 e. The maximum absolute atomic E-state index is 10.5. The summed E-state index contributed by atoms with van der Waals surface area (Å²) in [7, 11) is 0. The molecule has 1 N–H and O–H groups in total. The van der Waals surface area contributed by atoms with Crippen LogP contribution < -0.4 is 0 Å². The second-order valence-corrected chi connectivity index (χ2v) is 3.72. The van der Waals surface area contributed by atoms with Gasteiger partial charge in [0.05, 0.1) is 6.42 Å². The van der Waals surface area contributed by atoms with Crippen molar-refractivity contribution in [2.24, 2.45) is 0 Å². The van der Waals surface area contributed by atoms with E-state index < -0.39 is 5.97 Å². The van der Waals surface area contributed by atoms with E-state index in [1.54, 1.807) is 18.2 Å². The molecular weight excluding hydrogens is 262 g/mol. The zero-order valence-electron chi connectivity index (χ0n) is 7.74. The third kappa shape index (κ3) is 2.02. The molecule has 5 heteroatoms. The number of hydrogen-bond acceptors (Lipinski definition) is 3. The lowest BCUT2D eigenvalue weighted by Crippen LogP contribution is -1.99. The minimum atomic E-state index is -0.841. The monoisotopic (exact) mass is 269 g/mol.